The zero-order chi connectivity index (χ0) is 35.8. The van der Waals surface area contributed by atoms with Gasteiger partial charge in [-0.3, -0.25) is 0 Å². The number of fused-ring (bicyclic) bond motifs is 4. The summed E-state index contributed by atoms with van der Waals surface area (Å²) in [7, 11) is 0. The topological polar surface area (TPSA) is 16.4 Å². The van der Waals surface area contributed by atoms with E-state index in [9.17, 15) is 0 Å². The van der Waals surface area contributed by atoms with Crippen molar-refractivity contribution < 1.29 is 4.42 Å². The van der Waals surface area contributed by atoms with Crippen molar-refractivity contribution in [3.8, 4) is 44.5 Å². The normalized spacial score (nSPS) is 11.3. The van der Waals surface area contributed by atoms with Gasteiger partial charge in [0, 0.05) is 27.6 Å². The van der Waals surface area contributed by atoms with Crippen LogP contribution in [-0.4, -0.2) is 0 Å². The molecule has 0 amide bonds. The Hall–Kier alpha value is -7.16. The van der Waals surface area contributed by atoms with E-state index in [-0.39, 0.29) is 0 Å². The van der Waals surface area contributed by atoms with Crippen LogP contribution in [-0.2, 0) is 0 Å². The Balaban J connectivity index is 1.19. The maximum absolute atomic E-state index is 6.24. The second-order valence-corrected chi connectivity index (χ2v) is 13.7. The van der Waals surface area contributed by atoms with Gasteiger partial charge in [-0.25, -0.2) is 0 Å². The van der Waals surface area contributed by atoms with Crippen LogP contribution in [0.3, 0.4) is 0 Å². The van der Waals surface area contributed by atoms with Gasteiger partial charge in [0.2, 0.25) is 0 Å². The molecule has 10 aromatic rings. The van der Waals surface area contributed by atoms with Crippen molar-refractivity contribution in [3.63, 3.8) is 0 Å². The summed E-state index contributed by atoms with van der Waals surface area (Å²) in [5.41, 5.74) is 14.4. The van der Waals surface area contributed by atoms with Crippen LogP contribution in [0.5, 0.6) is 0 Å². The van der Waals surface area contributed by atoms with Gasteiger partial charge >= 0.3 is 0 Å². The highest BCUT2D eigenvalue weighted by Gasteiger charge is 2.22. The van der Waals surface area contributed by atoms with Gasteiger partial charge in [0.1, 0.15) is 11.2 Å². The van der Waals surface area contributed by atoms with Crippen LogP contribution in [0.4, 0.5) is 17.1 Å². The average Bonchev–Trinajstić information content (AvgIpc) is 3.63. The third kappa shape index (κ3) is 5.53. The lowest BCUT2D eigenvalue weighted by atomic mass is 9.90. The number of nitrogens with zero attached hydrogens (tertiary/aromatic N) is 1. The van der Waals surface area contributed by atoms with Crippen LogP contribution in [0.1, 0.15) is 0 Å². The van der Waals surface area contributed by atoms with Gasteiger partial charge in [-0.1, -0.05) is 170 Å². The molecule has 10 rings (SSSR count). The number of benzene rings is 9. The molecule has 0 saturated carbocycles. The van der Waals surface area contributed by atoms with Gasteiger partial charge < -0.3 is 9.32 Å². The standard InChI is InChI=1S/C52H35NO/c1-2-15-36(16-3-1)37-29-32-40(33-30-37)53(49-26-11-8-20-42(49)39-31-34-52-48(35-39)47-24-10-13-28-51(47)54-52)50-27-12-9-23-46(50)45-22-7-6-21-44(45)43-25-14-18-38-17-4-5-19-41(38)43/h1-35H. The first-order chi connectivity index (χ1) is 26.8. The highest BCUT2D eigenvalue weighted by atomic mass is 16.3. The summed E-state index contributed by atoms with van der Waals surface area (Å²) in [6.45, 7) is 0. The predicted molar refractivity (Wildman–Crippen MR) is 228 cm³/mol. The molecule has 0 radical (unpaired) electrons. The summed E-state index contributed by atoms with van der Waals surface area (Å²) in [4.78, 5) is 2.43. The molecule has 0 spiro atoms. The fraction of sp³-hybridized carbons (Fsp3) is 0. The Morgan fingerprint density at radius 1 is 0.296 bits per heavy atom. The van der Waals surface area contributed by atoms with Gasteiger partial charge in [-0.05, 0) is 86.6 Å². The molecule has 0 aliphatic rings. The summed E-state index contributed by atoms with van der Waals surface area (Å²) < 4.78 is 6.24. The number of hydrogen-bond acceptors (Lipinski definition) is 2. The lowest BCUT2D eigenvalue weighted by Crippen LogP contribution is -2.12. The molecule has 2 nitrogen and oxygen atoms in total. The van der Waals surface area contributed by atoms with E-state index in [2.05, 4.69) is 205 Å². The first kappa shape index (κ1) is 31.6. The fourth-order valence-corrected chi connectivity index (χ4v) is 7.96. The zero-order valence-electron chi connectivity index (χ0n) is 29.6. The summed E-state index contributed by atoms with van der Waals surface area (Å²) in [6, 6.07) is 76.0. The first-order valence-corrected chi connectivity index (χ1v) is 18.4. The molecule has 9 aromatic carbocycles. The molecule has 2 heteroatoms. The van der Waals surface area contributed by atoms with Crippen LogP contribution < -0.4 is 4.90 Å². The van der Waals surface area contributed by atoms with E-state index in [4.69, 9.17) is 4.42 Å². The minimum Gasteiger partial charge on any atom is -0.456 e. The minimum absolute atomic E-state index is 0.890. The van der Waals surface area contributed by atoms with E-state index in [1.54, 1.807) is 0 Å². The lowest BCUT2D eigenvalue weighted by molar-refractivity contribution is 0.669. The third-order valence-electron chi connectivity index (χ3n) is 10.5. The zero-order valence-corrected chi connectivity index (χ0v) is 29.6. The minimum atomic E-state index is 0.890. The molecule has 1 heterocycles. The molecule has 0 unspecified atom stereocenters. The second-order valence-electron chi connectivity index (χ2n) is 13.7. The summed E-state index contributed by atoms with van der Waals surface area (Å²) in [5, 5.41) is 4.71. The maximum atomic E-state index is 6.24. The molecule has 0 aliphatic heterocycles. The number of rotatable bonds is 7. The molecule has 0 aliphatic carbocycles. The van der Waals surface area contributed by atoms with Crippen LogP contribution in [0.15, 0.2) is 217 Å². The van der Waals surface area contributed by atoms with Crippen LogP contribution in [0.25, 0.3) is 77.2 Å². The Labute approximate surface area is 314 Å². The first-order valence-electron chi connectivity index (χ1n) is 18.4. The van der Waals surface area contributed by atoms with Gasteiger partial charge in [-0.15, -0.1) is 0 Å². The molecule has 0 N–H and O–H groups in total. The van der Waals surface area contributed by atoms with Crippen molar-refractivity contribution in [1.29, 1.82) is 0 Å². The third-order valence-corrected chi connectivity index (χ3v) is 10.5. The van der Waals surface area contributed by atoms with Crippen molar-refractivity contribution in [1.82, 2.24) is 0 Å². The maximum Gasteiger partial charge on any atom is 0.135 e. The SMILES string of the molecule is c1ccc(-c2ccc(N(c3ccccc3-c3ccc4oc5ccccc5c4c3)c3ccccc3-c3ccccc3-c3cccc4ccccc34)cc2)cc1. The molecule has 0 saturated heterocycles. The van der Waals surface area contributed by atoms with E-state index in [1.165, 1.54) is 38.6 Å². The van der Waals surface area contributed by atoms with Crippen LogP contribution in [0, 0.1) is 0 Å². The van der Waals surface area contributed by atoms with Gasteiger partial charge in [-0.2, -0.15) is 0 Å². The van der Waals surface area contributed by atoms with Crippen molar-refractivity contribution in [3.05, 3.63) is 212 Å². The highest BCUT2D eigenvalue weighted by molar-refractivity contribution is 6.07. The Morgan fingerprint density at radius 2 is 0.815 bits per heavy atom. The van der Waals surface area contributed by atoms with Crippen molar-refractivity contribution in [2.45, 2.75) is 0 Å². The summed E-state index contributed by atoms with van der Waals surface area (Å²) in [6.07, 6.45) is 0. The largest absolute Gasteiger partial charge is 0.456 e. The van der Waals surface area contributed by atoms with E-state index in [0.29, 0.717) is 0 Å². The molecule has 54 heavy (non-hydrogen) atoms. The number of para-hydroxylation sites is 3. The molecule has 0 atom stereocenters. The van der Waals surface area contributed by atoms with Crippen molar-refractivity contribution in [2.24, 2.45) is 0 Å². The molecule has 254 valence electrons. The predicted octanol–water partition coefficient (Wildman–Crippen LogP) is 14.9. The van der Waals surface area contributed by atoms with E-state index in [0.717, 1.165) is 55.7 Å². The summed E-state index contributed by atoms with van der Waals surface area (Å²) >= 11 is 0. The molecule has 0 fully saturated rings. The smallest absolute Gasteiger partial charge is 0.135 e. The molecular formula is C52H35NO. The van der Waals surface area contributed by atoms with Crippen molar-refractivity contribution >= 4 is 49.8 Å². The van der Waals surface area contributed by atoms with E-state index >= 15 is 0 Å². The highest BCUT2D eigenvalue weighted by Crippen LogP contribution is 2.47. The lowest BCUT2D eigenvalue weighted by Gasteiger charge is -2.30. The summed E-state index contributed by atoms with van der Waals surface area (Å²) in [5.74, 6) is 0. The molecule has 0 bridgehead atoms. The van der Waals surface area contributed by atoms with E-state index < -0.39 is 0 Å². The monoisotopic (exact) mass is 689 g/mol. The van der Waals surface area contributed by atoms with Crippen LogP contribution >= 0.6 is 0 Å². The van der Waals surface area contributed by atoms with Crippen LogP contribution in [0.2, 0.25) is 0 Å². The van der Waals surface area contributed by atoms with Crippen molar-refractivity contribution in [2.75, 3.05) is 4.90 Å². The fourth-order valence-electron chi connectivity index (χ4n) is 7.96. The molecule has 1 aromatic heterocycles. The second kappa shape index (κ2) is 13.4. The number of hydrogen-bond donors (Lipinski definition) is 0. The number of anilines is 3. The van der Waals surface area contributed by atoms with Gasteiger partial charge in [0.15, 0.2) is 0 Å². The Morgan fingerprint density at radius 3 is 1.61 bits per heavy atom. The Kier molecular flexibility index (Phi) is 7.85. The number of furan rings is 1. The van der Waals surface area contributed by atoms with E-state index in [1.807, 2.05) is 12.1 Å². The Bertz CT molecular complexity index is 2930. The average molecular weight is 690 g/mol. The molecular weight excluding hydrogens is 655 g/mol. The van der Waals surface area contributed by atoms with Gasteiger partial charge in [0.25, 0.3) is 0 Å². The quantitative estimate of drug-likeness (QED) is 0.166. The van der Waals surface area contributed by atoms with Gasteiger partial charge in [0.05, 0.1) is 11.4 Å².